The van der Waals surface area contributed by atoms with Crippen molar-refractivity contribution >= 4 is 17.1 Å². The lowest BCUT2D eigenvalue weighted by Gasteiger charge is -2.00. The van der Waals surface area contributed by atoms with Crippen LogP contribution in [0.4, 0.5) is 8.78 Å². The second kappa shape index (κ2) is 5.32. The second-order valence-corrected chi connectivity index (χ2v) is 4.62. The molecule has 0 atom stereocenters. The first-order valence-electron chi connectivity index (χ1n) is 5.21. The molecule has 6 heteroatoms. The van der Waals surface area contributed by atoms with E-state index in [0.29, 0.717) is 16.3 Å². The molecule has 1 aromatic carbocycles. The molecule has 0 saturated carbocycles. The molecule has 94 valence electrons. The lowest BCUT2D eigenvalue weighted by molar-refractivity contribution is 0.0988. The van der Waals surface area contributed by atoms with Crippen molar-refractivity contribution in [2.24, 2.45) is 5.73 Å². The maximum absolute atomic E-state index is 13.0. The predicted molar refractivity (Wildman–Crippen MR) is 64.4 cm³/mol. The minimum absolute atomic E-state index is 0.00898. The van der Waals surface area contributed by atoms with Gasteiger partial charge in [0.1, 0.15) is 10.7 Å². The van der Waals surface area contributed by atoms with Crippen molar-refractivity contribution in [2.45, 2.75) is 13.0 Å². The van der Waals surface area contributed by atoms with Gasteiger partial charge in [0, 0.05) is 18.3 Å². The van der Waals surface area contributed by atoms with E-state index in [2.05, 4.69) is 4.98 Å². The van der Waals surface area contributed by atoms with Crippen molar-refractivity contribution in [3.63, 3.8) is 0 Å². The average Bonchev–Trinajstić information content (AvgIpc) is 2.82. The standard InChI is InChI=1S/C12H10F2N2OS/c13-8-2-1-7(3-9(8)14)4-11(17)10-6-18-12(5-15)16-10/h1-3,6H,4-5,15H2. The molecule has 0 aliphatic rings. The Morgan fingerprint density at radius 3 is 2.72 bits per heavy atom. The lowest BCUT2D eigenvalue weighted by atomic mass is 10.1. The fourth-order valence-corrected chi connectivity index (χ4v) is 2.14. The number of hydrogen-bond donors (Lipinski definition) is 1. The van der Waals surface area contributed by atoms with Gasteiger partial charge in [-0.15, -0.1) is 11.3 Å². The summed E-state index contributed by atoms with van der Waals surface area (Å²) in [6.45, 7) is 0.281. The summed E-state index contributed by atoms with van der Waals surface area (Å²) in [6, 6.07) is 3.40. The topological polar surface area (TPSA) is 56.0 Å². The molecule has 0 saturated heterocycles. The fraction of sp³-hybridized carbons (Fsp3) is 0.167. The van der Waals surface area contributed by atoms with Crippen LogP contribution in [0.1, 0.15) is 21.1 Å². The number of nitrogens with two attached hydrogens (primary N) is 1. The van der Waals surface area contributed by atoms with Gasteiger partial charge >= 0.3 is 0 Å². The quantitative estimate of drug-likeness (QED) is 0.866. The van der Waals surface area contributed by atoms with Crippen molar-refractivity contribution in [2.75, 3.05) is 0 Å². The SMILES string of the molecule is NCc1nc(C(=O)Cc2ccc(F)c(F)c2)cs1. The Morgan fingerprint density at radius 2 is 2.11 bits per heavy atom. The third kappa shape index (κ3) is 2.77. The van der Waals surface area contributed by atoms with Crippen LogP contribution in [0.25, 0.3) is 0 Å². The molecule has 0 bridgehead atoms. The molecule has 2 rings (SSSR count). The number of thiazole rings is 1. The molecule has 0 fully saturated rings. The highest BCUT2D eigenvalue weighted by atomic mass is 32.1. The highest BCUT2D eigenvalue weighted by molar-refractivity contribution is 7.09. The number of carbonyl (C=O) groups excluding carboxylic acids is 1. The Balaban J connectivity index is 2.13. The summed E-state index contributed by atoms with van der Waals surface area (Å²) in [4.78, 5) is 15.9. The number of halogens is 2. The van der Waals surface area contributed by atoms with E-state index in [1.165, 1.54) is 17.4 Å². The van der Waals surface area contributed by atoms with Crippen LogP contribution in [0, 0.1) is 11.6 Å². The van der Waals surface area contributed by atoms with Gasteiger partial charge in [0.15, 0.2) is 17.4 Å². The molecular weight excluding hydrogens is 258 g/mol. The smallest absolute Gasteiger partial charge is 0.186 e. The van der Waals surface area contributed by atoms with Gasteiger partial charge in [-0.3, -0.25) is 4.79 Å². The number of hydrogen-bond acceptors (Lipinski definition) is 4. The van der Waals surface area contributed by atoms with E-state index in [9.17, 15) is 13.6 Å². The predicted octanol–water partition coefficient (Wildman–Crippen LogP) is 2.31. The minimum atomic E-state index is -0.957. The molecule has 0 unspecified atom stereocenters. The summed E-state index contributed by atoms with van der Waals surface area (Å²) in [5, 5.41) is 2.29. The largest absolute Gasteiger partial charge is 0.325 e. The second-order valence-electron chi connectivity index (χ2n) is 3.68. The fourth-order valence-electron chi connectivity index (χ4n) is 1.46. The first-order valence-corrected chi connectivity index (χ1v) is 6.09. The Kier molecular flexibility index (Phi) is 3.78. The van der Waals surface area contributed by atoms with E-state index in [4.69, 9.17) is 5.73 Å². The monoisotopic (exact) mass is 268 g/mol. The van der Waals surface area contributed by atoms with Crippen LogP contribution in [0.2, 0.25) is 0 Å². The number of ketones is 1. The summed E-state index contributed by atoms with van der Waals surface area (Å²) in [5.41, 5.74) is 6.13. The number of carbonyl (C=O) groups is 1. The Bertz CT molecular complexity index is 583. The molecule has 2 aromatic rings. The van der Waals surface area contributed by atoms with Gasteiger partial charge in [0.25, 0.3) is 0 Å². The Labute approximate surface area is 106 Å². The number of aromatic nitrogens is 1. The number of rotatable bonds is 4. The molecule has 0 aliphatic heterocycles. The number of benzene rings is 1. The van der Waals surface area contributed by atoms with Gasteiger partial charge in [-0.25, -0.2) is 13.8 Å². The Morgan fingerprint density at radius 1 is 1.33 bits per heavy atom. The summed E-state index contributed by atoms with van der Waals surface area (Å²) in [5.74, 6) is -2.12. The molecule has 0 radical (unpaired) electrons. The number of nitrogens with zero attached hydrogens (tertiary/aromatic N) is 1. The molecule has 0 spiro atoms. The average molecular weight is 268 g/mol. The van der Waals surface area contributed by atoms with E-state index in [0.717, 1.165) is 12.1 Å². The molecule has 0 amide bonds. The zero-order valence-electron chi connectivity index (χ0n) is 9.32. The van der Waals surface area contributed by atoms with E-state index < -0.39 is 11.6 Å². The maximum atomic E-state index is 13.0. The maximum Gasteiger partial charge on any atom is 0.186 e. The zero-order chi connectivity index (χ0) is 13.1. The van der Waals surface area contributed by atoms with E-state index >= 15 is 0 Å². The molecule has 0 aliphatic carbocycles. The number of Topliss-reactive ketones (excluding diaryl/α,β-unsaturated/α-hetero) is 1. The summed E-state index contributed by atoms with van der Waals surface area (Å²) < 4.78 is 25.7. The highest BCUT2D eigenvalue weighted by Gasteiger charge is 2.12. The van der Waals surface area contributed by atoms with Crippen LogP contribution in [-0.2, 0) is 13.0 Å². The van der Waals surface area contributed by atoms with E-state index in [1.54, 1.807) is 5.38 Å². The van der Waals surface area contributed by atoms with Gasteiger partial charge in [0.2, 0.25) is 0 Å². The summed E-state index contributed by atoms with van der Waals surface area (Å²) >= 11 is 1.30. The van der Waals surface area contributed by atoms with Gasteiger partial charge in [-0.2, -0.15) is 0 Å². The van der Waals surface area contributed by atoms with Crippen LogP contribution >= 0.6 is 11.3 Å². The van der Waals surface area contributed by atoms with Crippen molar-refractivity contribution < 1.29 is 13.6 Å². The normalized spacial score (nSPS) is 10.6. The first-order chi connectivity index (χ1) is 8.60. The van der Waals surface area contributed by atoms with Crippen molar-refractivity contribution in [1.82, 2.24) is 4.98 Å². The third-order valence-corrected chi connectivity index (χ3v) is 3.23. The van der Waals surface area contributed by atoms with Crippen LogP contribution in [0.5, 0.6) is 0 Å². The van der Waals surface area contributed by atoms with Crippen molar-refractivity contribution in [1.29, 1.82) is 0 Å². The third-order valence-electron chi connectivity index (χ3n) is 2.36. The van der Waals surface area contributed by atoms with Crippen LogP contribution in [0.3, 0.4) is 0 Å². The van der Waals surface area contributed by atoms with Gasteiger partial charge in [0.05, 0.1) is 0 Å². The molecule has 2 N–H and O–H groups in total. The van der Waals surface area contributed by atoms with Crippen molar-refractivity contribution in [3.8, 4) is 0 Å². The molecule has 18 heavy (non-hydrogen) atoms. The van der Waals surface area contributed by atoms with Gasteiger partial charge in [-0.1, -0.05) is 6.07 Å². The van der Waals surface area contributed by atoms with E-state index in [-0.39, 0.29) is 18.7 Å². The molecule has 1 aromatic heterocycles. The summed E-state index contributed by atoms with van der Waals surface area (Å²) in [6.07, 6.45) is -0.00898. The Hall–Kier alpha value is -1.66. The highest BCUT2D eigenvalue weighted by Crippen LogP contribution is 2.14. The molecule has 3 nitrogen and oxygen atoms in total. The van der Waals surface area contributed by atoms with Crippen LogP contribution in [-0.4, -0.2) is 10.8 Å². The molecular formula is C12H10F2N2OS. The van der Waals surface area contributed by atoms with Crippen molar-refractivity contribution in [3.05, 3.63) is 51.5 Å². The summed E-state index contributed by atoms with van der Waals surface area (Å²) in [7, 11) is 0. The zero-order valence-corrected chi connectivity index (χ0v) is 10.1. The van der Waals surface area contributed by atoms with Crippen LogP contribution in [0.15, 0.2) is 23.6 Å². The van der Waals surface area contributed by atoms with Gasteiger partial charge < -0.3 is 5.73 Å². The first kappa shape index (κ1) is 12.8. The lowest BCUT2D eigenvalue weighted by Crippen LogP contribution is -2.05. The van der Waals surface area contributed by atoms with Gasteiger partial charge in [-0.05, 0) is 17.7 Å². The molecule has 1 heterocycles. The minimum Gasteiger partial charge on any atom is -0.325 e. The van der Waals surface area contributed by atoms with Crippen LogP contribution < -0.4 is 5.73 Å². The van der Waals surface area contributed by atoms with E-state index in [1.807, 2.05) is 0 Å².